The molecule has 1 atom stereocenters. The van der Waals surface area contributed by atoms with Crippen molar-refractivity contribution in [2.45, 2.75) is 51.0 Å². The molecule has 1 amide bonds. The molecule has 1 fully saturated rings. The number of rotatable bonds is 5. The molecule has 3 nitrogen and oxygen atoms in total. The molecule has 19 heavy (non-hydrogen) atoms. The van der Waals surface area contributed by atoms with E-state index in [1.807, 2.05) is 11.4 Å². The van der Waals surface area contributed by atoms with Gasteiger partial charge in [0.2, 0.25) is 5.91 Å². The van der Waals surface area contributed by atoms with Gasteiger partial charge in [-0.1, -0.05) is 30.9 Å². The molecule has 0 radical (unpaired) electrons. The average molecular weight is 301 g/mol. The van der Waals surface area contributed by atoms with Gasteiger partial charge in [0.05, 0.1) is 5.02 Å². The molecule has 1 saturated carbocycles. The van der Waals surface area contributed by atoms with Crippen molar-refractivity contribution in [3.63, 3.8) is 0 Å². The zero-order chi connectivity index (χ0) is 13.9. The maximum atomic E-state index is 11.4. The van der Waals surface area contributed by atoms with Gasteiger partial charge in [-0.25, -0.2) is 0 Å². The van der Waals surface area contributed by atoms with Crippen molar-refractivity contribution in [3.05, 3.63) is 21.3 Å². The van der Waals surface area contributed by atoms with Crippen LogP contribution in [0.3, 0.4) is 0 Å². The lowest BCUT2D eigenvalue weighted by Crippen LogP contribution is -2.33. The van der Waals surface area contributed by atoms with E-state index in [1.165, 1.54) is 6.42 Å². The van der Waals surface area contributed by atoms with Crippen molar-refractivity contribution in [3.8, 4) is 0 Å². The fourth-order valence-corrected chi connectivity index (χ4v) is 4.45. The van der Waals surface area contributed by atoms with Crippen LogP contribution in [0.5, 0.6) is 0 Å². The van der Waals surface area contributed by atoms with Crippen LogP contribution >= 0.6 is 22.9 Å². The Kier molecular flexibility index (Phi) is 4.87. The van der Waals surface area contributed by atoms with Crippen molar-refractivity contribution >= 4 is 28.8 Å². The summed E-state index contributed by atoms with van der Waals surface area (Å²) in [4.78, 5) is 12.4. The van der Waals surface area contributed by atoms with E-state index in [2.05, 4.69) is 0 Å². The third kappa shape index (κ3) is 3.71. The second-order valence-corrected chi connectivity index (χ2v) is 7.00. The smallest absolute Gasteiger partial charge is 0.217 e. The zero-order valence-electron chi connectivity index (χ0n) is 11.0. The number of halogens is 1. The normalized spacial score (nSPS) is 20.1. The average Bonchev–Trinajstić information content (AvgIpc) is 2.75. The molecule has 0 saturated heterocycles. The highest BCUT2D eigenvalue weighted by atomic mass is 35.5. The first-order chi connectivity index (χ1) is 9.02. The van der Waals surface area contributed by atoms with E-state index < -0.39 is 0 Å². The Balaban J connectivity index is 2.11. The highest BCUT2D eigenvalue weighted by Gasteiger charge is 2.36. The molecule has 1 aromatic heterocycles. The maximum absolute atomic E-state index is 11.4. The molecule has 1 heterocycles. The van der Waals surface area contributed by atoms with Crippen molar-refractivity contribution in [2.24, 2.45) is 16.9 Å². The van der Waals surface area contributed by atoms with Crippen LogP contribution in [0, 0.1) is 5.41 Å². The molecule has 0 spiro atoms. The van der Waals surface area contributed by atoms with Gasteiger partial charge in [-0.3, -0.25) is 4.79 Å². The van der Waals surface area contributed by atoms with Crippen LogP contribution in [0.1, 0.15) is 55.9 Å². The first-order valence-corrected chi connectivity index (χ1v) is 8.05. The molecule has 1 unspecified atom stereocenters. The first kappa shape index (κ1) is 14.8. The van der Waals surface area contributed by atoms with E-state index in [0.29, 0.717) is 6.42 Å². The minimum atomic E-state index is -0.216. The van der Waals surface area contributed by atoms with Gasteiger partial charge in [-0.05, 0) is 36.1 Å². The van der Waals surface area contributed by atoms with Gasteiger partial charge < -0.3 is 11.5 Å². The Morgan fingerprint density at radius 1 is 1.42 bits per heavy atom. The first-order valence-electron chi connectivity index (χ1n) is 6.79. The van der Waals surface area contributed by atoms with Gasteiger partial charge in [0, 0.05) is 17.3 Å². The van der Waals surface area contributed by atoms with Crippen molar-refractivity contribution < 1.29 is 4.79 Å². The molecule has 0 aliphatic heterocycles. The number of hydrogen-bond donors (Lipinski definition) is 2. The lowest BCUT2D eigenvalue weighted by Gasteiger charge is -2.38. The number of carbonyl (C=O) groups is 1. The molecule has 1 aliphatic rings. The van der Waals surface area contributed by atoms with Crippen LogP contribution in [-0.4, -0.2) is 5.91 Å². The summed E-state index contributed by atoms with van der Waals surface area (Å²) in [6.07, 6.45) is 6.92. The van der Waals surface area contributed by atoms with Gasteiger partial charge >= 0.3 is 0 Å². The molecule has 1 aromatic rings. The number of nitrogens with two attached hydrogens (primary N) is 2. The Morgan fingerprint density at radius 3 is 2.63 bits per heavy atom. The van der Waals surface area contributed by atoms with E-state index >= 15 is 0 Å². The van der Waals surface area contributed by atoms with E-state index in [-0.39, 0.29) is 17.4 Å². The van der Waals surface area contributed by atoms with E-state index in [4.69, 9.17) is 23.1 Å². The SMILES string of the molecule is NC(=O)CC1(CC(N)c2sccc2Cl)CCCCC1. The van der Waals surface area contributed by atoms with Gasteiger partial charge in [0.1, 0.15) is 0 Å². The van der Waals surface area contributed by atoms with Crippen molar-refractivity contribution in [1.29, 1.82) is 0 Å². The van der Waals surface area contributed by atoms with E-state index in [1.54, 1.807) is 11.3 Å². The van der Waals surface area contributed by atoms with Crippen LogP contribution in [-0.2, 0) is 4.79 Å². The summed E-state index contributed by atoms with van der Waals surface area (Å²) in [6.45, 7) is 0. The molecular formula is C14H21ClN2OS. The summed E-state index contributed by atoms with van der Waals surface area (Å²) < 4.78 is 0. The molecular weight excluding hydrogens is 280 g/mol. The summed E-state index contributed by atoms with van der Waals surface area (Å²) in [5.74, 6) is -0.216. The Morgan fingerprint density at radius 2 is 2.11 bits per heavy atom. The summed E-state index contributed by atoms with van der Waals surface area (Å²) >= 11 is 7.73. The minimum Gasteiger partial charge on any atom is -0.370 e. The summed E-state index contributed by atoms with van der Waals surface area (Å²) in [7, 11) is 0. The Hall–Kier alpha value is -0.580. The van der Waals surface area contributed by atoms with Crippen molar-refractivity contribution in [2.75, 3.05) is 0 Å². The number of primary amides is 1. The van der Waals surface area contributed by atoms with Gasteiger partial charge in [0.15, 0.2) is 0 Å². The Bertz CT molecular complexity index is 440. The standard InChI is InChI=1S/C14H21ClN2OS/c15-10-4-7-19-13(10)11(16)8-14(9-12(17)18)5-2-1-3-6-14/h4,7,11H,1-3,5-6,8-9,16H2,(H2,17,18). The number of carbonyl (C=O) groups excluding carboxylic acids is 1. The maximum Gasteiger partial charge on any atom is 0.217 e. The topological polar surface area (TPSA) is 69.1 Å². The lowest BCUT2D eigenvalue weighted by atomic mass is 9.68. The molecule has 1 aliphatic carbocycles. The monoisotopic (exact) mass is 300 g/mol. The molecule has 106 valence electrons. The molecule has 0 aromatic carbocycles. The third-order valence-corrected chi connectivity index (χ3v) is 5.59. The van der Waals surface area contributed by atoms with Crippen LogP contribution in [0.15, 0.2) is 11.4 Å². The lowest BCUT2D eigenvalue weighted by molar-refractivity contribution is -0.121. The van der Waals surface area contributed by atoms with Crippen LogP contribution in [0.4, 0.5) is 0 Å². The van der Waals surface area contributed by atoms with Crippen LogP contribution in [0.2, 0.25) is 5.02 Å². The molecule has 2 rings (SSSR count). The van der Waals surface area contributed by atoms with E-state index in [9.17, 15) is 4.79 Å². The predicted octanol–water partition coefficient (Wildman–Crippen LogP) is 3.62. The van der Waals surface area contributed by atoms with Crippen molar-refractivity contribution in [1.82, 2.24) is 0 Å². The van der Waals surface area contributed by atoms with Gasteiger partial charge in [-0.15, -0.1) is 11.3 Å². The highest BCUT2D eigenvalue weighted by Crippen LogP contribution is 2.46. The zero-order valence-corrected chi connectivity index (χ0v) is 12.6. The minimum absolute atomic E-state index is 0.0170. The number of hydrogen-bond acceptors (Lipinski definition) is 3. The van der Waals surface area contributed by atoms with E-state index in [0.717, 1.165) is 42.0 Å². The summed E-state index contributed by atoms with van der Waals surface area (Å²) in [5, 5.41) is 2.70. The number of thiophene rings is 1. The molecule has 4 N–H and O–H groups in total. The number of amides is 1. The molecule has 5 heteroatoms. The van der Waals surface area contributed by atoms with Gasteiger partial charge in [0.25, 0.3) is 0 Å². The fourth-order valence-electron chi connectivity index (χ4n) is 3.25. The van der Waals surface area contributed by atoms with Crippen LogP contribution < -0.4 is 11.5 Å². The summed E-state index contributed by atoms with van der Waals surface area (Å²) in [5.41, 5.74) is 11.7. The van der Waals surface area contributed by atoms with Crippen LogP contribution in [0.25, 0.3) is 0 Å². The highest BCUT2D eigenvalue weighted by molar-refractivity contribution is 7.10. The second-order valence-electron chi connectivity index (χ2n) is 5.65. The summed E-state index contributed by atoms with van der Waals surface area (Å²) in [6, 6.07) is 1.79. The third-order valence-electron chi connectivity index (χ3n) is 4.10. The van der Waals surface area contributed by atoms with Gasteiger partial charge in [-0.2, -0.15) is 0 Å². The Labute approximate surface area is 123 Å². The quantitative estimate of drug-likeness (QED) is 0.872. The second kappa shape index (κ2) is 6.25. The molecule has 0 bridgehead atoms. The fraction of sp³-hybridized carbons (Fsp3) is 0.643. The predicted molar refractivity (Wildman–Crippen MR) is 80.2 cm³/mol. The largest absolute Gasteiger partial charge is 0.370 e.